The molecule has 128 valence electrons. The Morgan fingerprint density at radius 3 is 2.67 bits per heavy atom. The van der Waals surface area contributed by atoms with Crippen molar-refractivity contribution in [1.29, 1.82) is 0 Å². The minimum absolute atomic E-state index is 0.688. The highest BCUT2D eigenvalue weighted by atomic mass is 32.2. The summed E-state index contributed by atoms with van der Waals surface area (Å²) in [6, 6.07) is 6.11. The van der Waals surface area contributed by atoms with Crippen molar-refractivity contribution < 1.29 is 4.74 Å². The summed E-state index contributed by atoms with van der Waals surface area (Å²) in [4.78, 5) is 7.18. The normalized spacial score (nSPS) is 23.5. The van der Waals surface area contributed by atoms with E-state index in [0.717, 1.165) is 44.9 Å². The topological polar surface area (TPSA) is 25.4 Å². The van der Waals surface area contributed by atoms with Crippen LogP contribution in [0.2, 0.25) is 0 Å². The van der Waals surface area contributed by atoms with Gasteiger partial charge in [0.2, 0.25) is 0 Å². The Bertz CT molecular complexity index is 723. The molecule has 6 heteroatoms. The Kier molecular flexibility index (Phi) is 4.97. The molecule has 2 bridgehead atoms. The molecule has 1 aromatic heterocycles. The van der Waals surface area contributed by atoms with Crippen LogP contribution in [0.25, 0.3) is 10.2 Å². The molecule has 2 saturated heterocycles. The molecular weight excluding hydrogens is 356 g/mol. The van der Waals surface area contributed by atoms with Crippen molar-refractivity contribution in [2.45, 2.75) is 36.9 Å². The van der Waals surface area contributed by atoms with Gasteiger partial charge in [-0.15, -0.1) is 11.3 Å². The van der Waals surface area contributed by atoms with Crippen LogP contribution in [-0.4, -0.2) is 33.9 Å². The highest BCUT2D eigenvalue weighted by Gasteiger charge is 2.30. The maximum atomic E-state index is 5.75. The van der Waals surface area contributed by atoms with Crippen LogP contribution < -0.4 is 4.74 Å². The molecule has 3 heterocycles. The molecule has 5 rings (SSSR count). The Labute approximate surface area is 156 Å². The number of ether oxygens (including phenoxy) is 1. The fourth-order valence-corrected chi connectivity index (χ4v) is 6.28. The van der Waals surface area contributed by atoms with E-state index >= 15 is 0 Å². The van der Waals surface area contributed by atoms with Crippen molar-refractivity contribution in [3.63, 3.8) is 0 Å². The summed E-state index contributed by atoms with van der Waals surface area (Å²) in [5.74, 6) is 2.59. The van der Waals surface area contributed by atoms with Crippen LogP contribution in [0.15, 0.2) is 22.5 Å². The summed E-state index contributed by atoms with van der Waals surface area (Å²) in [6.45, 7) is 4.97. The first-order valence-corrected chi connectivity index (χ1v) is 10.8. The van der Waals surface area contributed by atoms with Crippen LogP contribution in [0, 0.1) is 11.8 Å². The van der Waals surface area contributed by atoms with Crippen molar-refractivity contribution in [1.82, 2.24) is 9.88 Å². The van der Waals surface area contributed by atoms with Crippen molar-refractivity contribution in [3.8, 4) is 5.75 Å². The molecule has 1 aromatic carbocycles. The average Bonchev–Trinajstić information content (AvgIpc) is 2.75. The van der Waals surface area contributed by atoms with Crippen LogP contribution in [0.3, 0.4) is 0 Å². The lowest BCUT2D eigenvalue weighted by atomic mass is 9.84. The quantitative estimate of drug-likeness (QED) is 0.540. The monoisotopic (exact) mass is 378 g/mol. The zero-order valence-corrected chi connectivity index (χ0v) is 16.3. The first-order valence-electron chi connectivity index (χ1n) is 8.71. The van der Waals surface area contributed by atoms with Crippen molar-refractivity contribution in [2.24, 2.45) is 11.8 Å². The molecule has 3 nitrogen and oxygen atoms in total. The molecule has 0 amide bonds. The van der Waals surface area contributed by atoms with Crippen molar-refractivity contribution in [2.75, 3.05) is 19.7 Å². The van der Waals surface area contributed by atoms with Gasteiger partial charge in [-0.25, -0.2) is 4.98 Å². The molecule has 0 N–H and O–H groups in total. The first-order chi connectivity index (χ1) is 11.7. The number of hydrogen-bond donors (Lipinski definition) is 0. The number of thiocarbonyl (C=S) groups is 1. The van der Waals surface area contributed by atoms with Crippen LogP contribution >= 0.6 is 35.3 Å². The minimum atomic E-state index is 0.688. The summed E-state index contributed by atoms with van der Waals surface area (Å²) in [5, 5.41) is 0. The second-order valence-corrected chi connectivity index (χ2v) is 9.61. The number of hydrogen-bond acceptors (Lipinski definition) is 5. The second-order valence-electron chi connectivity index (χ2n) is 6.70. The fourth-order valence-electron chi connectivity index (χ4n) is 3.77. The SMILES string of the molecule is CCOc1ccc2nc(SC(=S)N3CC4CCC(CC4)C3)sc2c1. The van der Waals surface area contributed by atoms with E-state index in [2.05, 4.69) is 11.0 Å². The molecular formula is C18H22N2OS3. The van der Waals surface area contributed by atoms with Crippen LogP contribution in [-0.2, 0) is 0 Å². The third-order valence-corrected chi connectivity index (χ3v) is 7.53. The number of aromatic nitrogens is 1. The van der Waals surface area contributed by atoms with E-state index < -0.39 is 0 Å². The molecule has 3 fully saturated rings. The number of benzene rings is 1. The highest BCUT2D eigenvalue weighted by molar-refractivity contribution is 8.23. The number of thiazole rings is 1. The van der Waals surface area contributed by atoms with Gasteiger partial charge < -0.3 is 9.64 Å². The molecule has 0 spiro atoms. The average molecular weight is 379 g/mol. The lowest BCUT2D eigenvalue weighted by molar-refractivity contribution is 0.326. The van der Waals surface area contributed by atoms with E-state index in [-0.39, 0.29) is 0 Å². The van der Waals surface area contributed by atoms with Gasteiger partial charge in [0.25, 0.3) is 0 Å². The smallest absolute Gasteiger partial charge is 0.158 e. The van der Waals surface area contributed by atoms with Crippen molar-refractivity contribution in [3.05, 3.63) is 18.2 Å². The largest absolute Gasteiger partial charge is 0.494 e. The predicted octanol–water partition coefficient (Wildman–Crippen LogP) is 5.19. The van der Waals surface area contributed by atoms with E-state index in [1.54, 1.807) is 23.1 Å². The van der Waals surface area contributed by atoms with E-state index in [9.17, 15) is 0 Å². The third-order valence-electron chi connectivity index (χ3n) is 5.01. The van der Waals surface area contributed by atoms with Gasteiger partial charge in [0.05, 0.1) is 16.8 Å². The maximum Gasteiger partial charge on any atom is 0.158 e. The van der Waals surface area contributed by atoms with Gasteiger partial charge in [-0.1, -0.05) is 12.2 Å². The van der Waals surface area contributed by atoms with E-state index in [0.29, 0.717) is 6.61 Å². The zero-order valence-electron chi connectivity index (χ0n) is 13.9. The standard InChI is InChI=1S/C18H22N2OS3/c1-2-21-14-7-8-15-16(9-14)23-17(19-15)24-18(22)20-10-12-3-4-13(11-20)6-5-12/h7-9,12-13H,2-6,10-11H2,1H3. The Morgan fingerprint density at radius 1 is 1.29 bits per heavy atom. The molecule has 2 aliphatic heterocycles. The second kappa shape index (κ2) is 7.18. The van der Waals surface area contributed by atoms with Gasteiger partial charge in [0, 0.05) is 13.1 Å². The fraction of sp³-hybridized carbons (Fsp3) is 0.556. The predicted molar refractivity (Wildman–Crippen MR) is 106 cm³/mol. The van der Waals surface area contributed by atoms with Crippen LogP contribution in [0.5, 0.6) is 5.75 Å². The molecule has 1 aliphatic carbocycles. The van der Waals surface area contributed by atoms with E-state index in [1.807, 2.05) is 19.1 Å². The summed E-state index contributed by atoms with van der Waals surface area (Å²) in [6.07, 6.45) is 5.54. The van der Waals surface area contributed by atoms with Crippen molar-refractivity contribution >= 4 is 49.9 Å². The number of thioether (sulfide) groups is 1. The Morgan fingerprint density at radius 2 is 2.00 bits per heavy atom. The highest BCUT2D eigenvalue weighted by Crippen LogP contribution is 2.37. The Hall–Kier alpha value is -0.850. The lowest BCUT2D eigenvalue weighted by Gasteiger charge is -2.24. The molecule has 1 saturated carbocycles. The third kappa shape index (κ3) is 3.55. The molecule has 2 aromatic rings. The summed E-state index contributed by atoms with van der Waals surface area (Å²) >= 11 is 9.12. The molecule has 24 heavy (non-hydrogen) atoms. The van der Waals surface area contributed by atoms with E-state index in [1.165, 1.54) is 30.4 Å². The first kappa shape index (κ1) is 16.6. The van der Waals surface area contributed by atoms with Crippen LogP contribution in [0.4, 0.5) is 0 Å². The molecule has 0 unspecified atom stereocenters. The van der Waals surface area contributed by atoms with Gasteiger partial charge in [-0.2, -0.15) is 0 Å². The van der Waals surface area contributed by atoms with E-state index in [4.69, 9.17) is 21.9 Å². The number of fused-ring (bicyclic) bond motifs is 5. The van der Waals surface area contributed by atoms with Crippen LogP contribution in [0.1, 0.15) is 32.6 Å². The summed E-state index contributed by atoms with van der Waals surface area (Å²) in [7, 11) is 0. The van der Waals surface area contributed by atoms with Gasteiger partial charge >= 0.3 is 0 Å². The molecule has 0 atom stereocenters. The lowest BCUT2D eigenvalue weighted by Crippen LogP contribution is -2.31. The minimum Gasteiger partial charge on any atom is -0.494 e. The maximum absolute atomic E-state index is 5.75. The van der Waals surface area contributed by atoms with Gasteiger partial charge in [-0.3, -0.25) is 0 Å². The molecule has 3 aliphatic rings. The van der Waals surface area contributed by atoms with Gasteiger partial charge in [0.15, 0.2) is 4.34 Å². The zero-order chi connectivity index (χ0) is 16.5. The molecule has 0 radical (unpaired) electrons. The summed E-state index contributed by atoms with van der Waals surface area (Å²) in [5.41, 5.74) is 1.03. The number of rotatable bonds is 3. The number of nitrogens with zero attached hydrogens (tertiary/aromatic N) is 2. The Balaban J connectivity index is 1.48. The van der Waals surface area contributed by atoms with Gasteiger partial charge in [0.1, 0.15) is 10.1 Å². The van der Waals surface area contributed by atoms with Gasteiger partial charge in [-0.05, 0) is 74.4 Å². The summed E-state index contributed by atoms with van der Waals surface area (Å²) < 4.78 is 8.79.